The summed E-state index contributed by atoms with van der Waals surface area (Å²) in [7, 11) is 1.98. The number of benzene rings is 1. The lowest BCUT2D eigenvalue weighted by atomic mass is 9.96. The third-order valence-corrected chi connectivity index (χ3v) is 6.26. The van der Waals surface area contributed by atoms with Gasteiger partial charge in [0.1, 0.15) is 0 Å². The highest BCUT2D eigenvalue weighted by atomic mass is 35.5. The van der Waals surface area contributed by atoms with Crippen LogP contribution < -0.4 is 5.32 Å². The van der Waals surface area contributed by atoms with Crippen LogP contribution in [0.4, 0.5) is 0 Å². The zero-order valence-corrected chi connectivity index (χ0v) is 17.6. The van der Waals surface area contributed by atoms with E-state index in [4.69, 9.17) is 16.6 Å². The quantitative estimate of drug-likeness (QED) is 0.595. The minimum atomic E-state index is 0.181. The van der Waals surface area contributed by atoms with E-state index < -0.39 is 0 Å². The van der Waals surface area contributed by atoms with Crippen molar-refractivity contribution >= 4 is 17.6 Å². The third-order valence-electron chi connectivity index (χ3n) is 6.03. The van der Waals surface area contributed by atoms with E-state index in [1.165, 1.54) is 30.4 Å². The molecule has 5 nitrogen and oxygen atoms in total. The first-order valence-electron chi connectivity index (χ1n) is 10.3. The second-order valence-corrected chi connectivity index (χ2v) is 8.72. The maximum Gasteiger partial charge on any atom is 0.193 e. The third kappa shape index (κ3) is 4.35. The summed E-state index contributed by atoms with van der Waals surface area (Å²) in [6, 6.07) is 8.30. The molecule has 0 spiro atoms. The molecule has 2 fully saturated rings. The van der Waals surface area contributed by atoms with Crippen LogP contribution in [0.1, 0.15) is 37.3 Å². The van der Waals surface area contributed by atoms with Gasteiger partial charge in [0.05, 0.1) is 12.7 Å². The van der Waals surface area contributed by atoms with E-state index in [9.17, 15) is 0 Å². The lowest BCUT2D eigenvalue weighted by Crippen LogP contribution is -2.40. The standard InChI is InChI=1S/C22H30ClN5/c1-3-24-21(25-16-22(8-9-22)19-5-4-6-20(23)12-19)28-10-7-17(15-28)11-18-13-26-27(2)14-18/h4-6,12-14,17H,3,7-11,15-16H2,1-2H3,(H,24,25). The SMILES string of the molecule is CCNC(=NCC1(c2cccc(Cl)c2)CC1)N1CCC(Cc2cnn(C)c2)C1. The summed E-state index contributed by atoms with van der Waals surface area (Å²) in [6.07, 6.45) is 8.81. The normalized spacial score (nSPS) is 21.2. The number of likely N-dealkylation sites (tertiary alicyclic amines) is 1. The topological polar surface area (TPSA) is 45.5 Å². The second kappa shape index (κ2) is 8.16. The number of halogens is 1. The highest BCUT2D eigenvalue weighted by molar-refractivity contribution is 6.30. The van der Waals surface area contributed by atoms with Crippen molar-refractivity contribution in [2.45, 2.75) is 38.0 Å². The van der Waals surface area contributed by atoms with E-state index in [1.807, 2.05) is 24.0 Å². The van der Waals surface area contributed by atoms with Crippen LogP contribution >= 0.6 is 11.6 Å². The molecule has 1 aromatic carbocycles. The van der Waals surface area contributed by atoms with E-state index in [1.54, 1.807) is 0 Å². The molecule has 1 aliphatic heterocycles. The Morgan fingerprint density at radius 3 is 2.93 bits per heavy atom. The Labute approximate surface area is 172 Å². The van der Waals surface area contributed by atoms with Gasteiger partial charge in [-0.25, -0.2) is 0 Å². The minimum Gasteiger partial charge on any atom is -0.357 e. The molecule has 0 amide bonds. The summed E-state index contributed by atoms with van der Waals surface area (Å²) in [4.78, 5) is 7.48. The molecule has 1 saturated carbocycles. The van der Waals surface area contributed by atoms with Gasteiger partial charge in [-0.05, 0) is 61.8 Å². The van der Waals surface area contributed by atoms with E-state index in [0.717, 1.165) is 43.6 Å². The lowest BCUT2D eigenvalue weighted by Gasteiger charge is -2.23. The number of aliphatic imine (C=N–C) groups is 1. The van der Waals surface area contributed by atoms with Gasteiger partial charge in [-0.2, -0.15) is 5.10 Å². The predicted molar refractivity (Wildman–Crippen MR) is 115 cm³/mol. The number of rotatable bonds is 6. The molecule has 2 aromatic rings. The van der Waals surface area contributed by atoms with E-state index in [-0.39, 0.29) is 5.41 Å². The molecule has 1 atom stereocenters. The van der Waals surface area contributed by atoms with Gasteiger partial charge >= 0.3 is 0 Å². The number of guanidine groups is 1. The Morgan fingerprint density at radius 2 is 2.25 bits per heavy atom. The summed E-state index contributed by atoms with van der Waals surface area (Å²) in [6.45, 7) is 6.00. The molecule has 1 unspecified atom stereocenters. The monoisotopic (exact) mass is 399 g/mol. The van der Waals surface area contributed by atoms with Crippen LogP contribution in [0, 0.1) is 5.92 Å². The second-order valence-electron chi connectivity index (χ2n) is 8.29. The first kappa shape index (κ1) is 19.3. The van der Waals surface area contributed by atoms with Crippen molar-refractivity contribution in [3.8, 4) is 0 Å². The van der Waals surface area contributed by atoms with Crippen molar-refractivity contribution in [3.63, 3.8) is 0 Å². The molecule has 1 aliphatic carbocycles. The molecule has 2 aliphatic rings. The van der Waals surface area contributed by atoms with Crippen LogP contribution in [0.5, 0.6) is 0 Å². The van der Waals surface area contributed by atoms with E-state index in [0.29, 0.717) is 5.92 Å². The molecule has 1 saturated heterocycles. The van der Waals surface area contributed by atoms with Gasteiger partial charge in [0.25, 0.3) is 0 Å². The molecule has 0 bridgehead atoms. The average Bonchev–Trinajstić information content (AvgIpc) is 3.15. The van der Waals surface area contributed by atoms with Crippen molar-refractivity contribution in [2.24, 2.45) is 18.0 Å². The number of hydrogen-bond donors (Lipinski definition) is 1. The number of aromatic nitrogens is 2. The molecule has 28 heavy (non-hydrogen) atoms. The first-order chi connectivity index (χ1) is 13.6. The van der Waals surface area contributed by atoms with Gasteiger partial charge in [0.15, 0.2) is 5.96 Å². The highest BCUT2D eigenvalue weighted by Crippen LogP contribution is 2.48. The molecular weight excluding hydrogens is 370 g/mol. The zero-order valence-electron chi connectivity index (χ0n) is 16.9. The average molecular weight is 400 g/mol. The molecule has 1 N–H and O–H groups in total. The van der Waals surface area contributed by atoms with Gasteiger partial charge in [0, 0.05) is 43.3 Å². The molecule has 4 rings (SSSR count). The fourth-order valence-corrected chi connectivity index (χ4v) is 4.45. The number of hydrogen-bond acceptors (Lipinski definition) is 2. The van der Waals surface area contributed by atoms with Crippen molar-refractivity contribution in [1.29, 1.82) is 0 Å². The van der Waals surface area contributed by atoms with Crippen molar-refractivity contribution < 1.29 is 0 Å². The van der Waals surface area contributed by atoms with Crippen LogP contribution in [-0.4, -0.2) is 46.8 Å². The Kier molecular flexibility index (Phi) is 5.63. The van der Waals surface area contributed by atoms with Crippen molar-refractivity contribution in [2.75, 3.05) is 26.2 Å². The van der Waals surface area contributed by atoms with Gasteiger partial charge < -0.3 is 10.2 Å². The molecule has 150 valence electrons. The predicted octanol–water partition coefficient (Wildman–Crippen LogP) is 3.64. The van der Waals surface area contributed by atoms with Crippen LogP contribution in [0.25, 0.3) is 0 Å². The van der Waals surface area contributed by atoms with Gasteiger partial charge in [0.2, 0.25) is 0 Å². The highest BCUT2D eigenvalue weighted by Gasteiger charge is 2.44. The van der Waals surface area contributed by atoms with Gasteiger partial charge in [-0.15, -0.1) is 0 Å². The van der Waals surface area contributed by atoms with Crippen LogP contribution in [0.15, 0.2) is 41.7 Å². The molecule has 1 aromatic heterocycles. The summed E-state index contributed by atoms with van der Waals surface area (Å²) >= 11 is 6.22. The maximum atomic E-state index is 6.22. The number of nitrogens with zero attached hydrogens (tertiary/aromatic N) is 4. The fraction of sp³-hybridized carbons (Fsp3) is 0.545. The largest absolute Gasteiger partial charge is 0.357 e. The van der Waals surface area contributed by atoms with Crippen molar-refractivity contribution in [1.82, 2.24) is 20.0 Å². The van der Waals surface area contributed by atoms with Crippen LogP contribution in [0.2, 0.25) is 5.02 Å². The van der Waals surface area contributed by atoms with Crippen molar-refractivity contribution in [3.05, 3.63) is 52.8 Å². The first-order valence-corrected chi connectivity index (χ1v) is 10.7. The Morgan fingerprint density at radius 1 is 1.39 bits per heavy atom. The molecule has 6 heteroatoms. The Hall–Kier alpha value is -2.01. The van der Waals surface area contributed by atoms with Crippen LogP contribution in [-0.2, 0) is 18.9 Å². The summed E-state index contributed by atoms with van der Waals surface area (Å²) in [5.74, 6) is 1.72. The smallest absolute Gasteiger partial charge is 0.193 e. The number of aryl methyl sites for hydroxylation is 1. The zero-order chi connectivity index (χ0) is 19.6. The fourth-order valence-electron chi connectivity index (χ4n) is 4.26. The molecule has 0 radical (unpaired) electrons. The van der Waals surface area contributed by atoms with Gasteiger partial charge in [-0.1, -0.05) is 23.7 Å². The lowest BCUT2D eigenvalue weighted by molar-refractivity contribution is 0.458. The maximum absolute atomic E-state index is 6.22. The summed E-state index contributed by atoms with van der Waals surface area (Å²) in [5, 5.41) is 8.62. The van der Waals surface area contributed by atoms with Crippen LogP contribution in [0.3, 0.4) is 0 Å². The summed E-state index contributed by atoms with van der Waals surface area (Å²) in [5.41, 5.74) is 2.84. The molecule has 2 heterocycles. The Balaban J connectivity index is 1.41. The number of nitrogens with one attached hydrogen (secondary N) is 1. The minimum absolute atomic E-state index is 0.181. The van der Waals surface area contributed by atoms with E-state index >= 15 is 0 Å². The molecular formula is C22H30ClN5. The van der Waals surface area contributed by atoms with E-state index in [2.05, 4.69) is 46.6 Å². The van der Waals surface area contributed by atoms with Gasteiger partial charge in [-0.3, -0.25) is 9.67 Å². The summed E-state index contributed by atoms with van der Waals surface area (Å²) < 4.78 is 1.89. The Bertz CT molecular complexity index is 839.